The SMILES string of the molecule is COc1cc(OCc2csc(C3CCN(C(=O)OC(C)(C)C)CC3)n2)c2cc(-c3cn4nc(OC)sc4n3)oc2c1. The van der Waals surface area contributed by atoms with Gasteiger partial charge in [-0.2, -0.15) is 0 Å². The van der Waals surface area contributed by atoms with Crippen molar-refractivity contribution in [2.75, 3.05) is 27.3 Å². The molecule has 0 bridgehead atoms. The first-order chi connectivity index (χ1) is 19.7. The maximum absolute atomic E-state index is 12.4. The van der Waals surface area contributed by atoms with E-state index in [0.717, 1.165) is 28.9 Å². The van der Waals surface area contributed by atoms with Gasteiger partial charge in [-0.05, 0) is 51.0 Å². The molecule has 4 aromatic heterocycles. The fourth-order valence-electron chi connectivity index (χ4n) is 4.69. The molecule has 41 heavy (non-hydrogen) atoms. The van der Waals surface area contributed by atoms with Gasteiger partial charge in [-0.1, -0.05) is 0 Å². The van der Waals surface area contributed by atoms with Crippen molar-refractivity contribution in [3.63, 3.8) is 0 Å². The van der Waals surface area contributed by atoms with Crippen LogP contribution in [0.3, 0.4) is 0 Å². The highest BCUT2D eigenvalue weighted by Crippen LogP contribution is 2.38. The predicted octanol–water partition coefficient (Wildman–Crippen LogP) is 6.37. The van der Waals surface area contributed by atoms with E-state index in [1.165, 1.54) is 11.3 Å². The summed E-state index contributed by atoms with van der Waals surface area (Å²) in [6, 6.07) is 5.59. The van der Waals surface area contributed by atoms with Crippen LogP contribution in [0.15, 0.2) is 34.2 Å². The lowest BCUT2D eigenvalue weighted by Crippen LogP contribution is -2.41. The maximum Gasteiger partial charge on any atom is 0.410 e. The number of nitrogens with zero attached hydrogens (tertiary/aromatic N) is 5. The molecule has 13 heteroatoms. The number of aromatic nitrogens is 4. The van der Waals surface area contributed by atoms with Crippen molar-refractivity contribution in [2.24, 2.45) is 0 Å². The van der Waals surface area contributed by atoms with Crippen molar-refractivity contribution >= 4 is 44.7 Å². The summed E-state index contributed by atoms with van der Waals surface area (Å²) < 4.78 is 30.3. The van der Waals surface area contributed by atoms with E-state index in [1.54, 1.807) is 41.2 Å². The van der Waals surface area contributed by atoms with Crippen LogP contribution in [0.2, 0.25) is 0 Å². The highest BCUT2D eigenvalue weighted by atomic mass is 32.1. The van der Waals surface area contributed by atoms with Crippen molar-refractivity contribution in [3.8, 4) is 28.1 Å². The molecule has 0 N–H and O–H groups in total. The lowest BCUT2D eigenvalue weighted by atomic mass is 9.98. The molecule has 6 rings (SSSR count). The van der Waals surface area contributed by atoms with Crippen LogP contribution in [0, 0.1) is 0 Å². The average molecular weight is 598 g/mol. The number of amides is 1. The second-order valence-corrected chi connectivity index (χ2v) is 12.6. The Bertz CT molecular complexity index is 1660. The molecule has 1 aliphatic rings. The lowest BCUT2D eigenvalue weighted by Gasteiger charge is -2.32. The van der Waals surface area contributed by atoms with Crippen molar-refractivity contribution in [1.82, 2.24) is 24.5 Å². The molecule has 5 aromatic rings. The number of carbonyl (C=O) groups excluding carboxylic acids is 1. The van der Waals surface area contributed by atoms with Gasteiger partial charge in [-0.3, -0.25) is 0 Å². The number of likely N-dealkylation sites (tertiary alicyclic amines) is 1. The van der Waals surface area contributed by atoms with Gasteiger partial charge >= 0.3 is 6.09 Å². The van der Waals surface area contributed by atoms with Crippen LogP contribution in [0.4, 0.5) is 4.79 Å². The molecule has 216 valence electrons. The van der Waals surface area contributed by atoms with Crippen molar-refractivity contribution < 1.29 is 28.2 Å². The van der Waals surface area contributed by atoms with E-state index in [9.17, 15) is 4.79 Å². The summed E-state index contributed by atoms with van der Waals surface area (Å²) in [6.45, 7) is 7.28. The molecule has 0 saturated carbocycles. The van der Waals surface area contributed by atoms with Gasteiger partial charge in [0.15, 0.2) is 5.76 Å². The molecule has 0 unspecified atom stereocenters. The molecular formula is C28H31N5O6S2. The molecular weight excluding hydrogens is 566 g/mol. The summed E-state index contributed by atoms with van der Waals surface area (Å²) in [7, 11) is 3.19. The van der Waals surface area contributed by atoms with Crippen molar-refractivity contribution in [1.29, 1.82) is 0 Å². The Hall–Kier alpha value is -3.84. The number of thiazole rings is 1. The summed E-state index contributed by atoms with van der Waals surface area (Å²) in [5.74, 6) is 2.17. The van der Waals surface area contributed by atoms with Gasteiger partial charge in [0.2, 0.25) is 4.96 Å². The Kier molecular flexibility index (Phi) is 7.24. The average Bonchev–Trinajstić information content (AvgIpc) is 3.73. The van der Waals surface area contributed by atoms with Gasteiger partial charge in [-0.25, -0.2) is 19.3 Å². The molecule has 11 nitrogen and oxygen atoms in total. The highest BCUT2D eigenvalue weighted by Gasteiger charge is 2.29. The van der Waals surface area contributed by atoms with Crippen LogP contribution < -0.4 is 14.2 Å². The normalized spacial score (nSPS) is 14.6. The molecule has 0 atom stereocenters. The Labute approximate surface area is 244 Å². The number of fused-ring (bicyclic) bond motifs is 2. The summed E-state index contributed by atoms with van der Waals surface area (Å²) in [6.07, 6.45) is 3.27. The van der Waals surface area contributed by atoms with Gasteiger partial charge in [-0.15, -0.1) is 16.4 Å². The quantitative estimate of drug-likeness (QED) is 0.211. The van der Waals surface area contributed by atoms with Crippen LogP contribution in [0.25, 0.3) is 27.4 Å². The number of rotatable bonds is 7. The third-order valence-corrected chi connectivity index (χ3v) is 8.64. The number of imidazole rings is 1. The summed E-state index contributed by atoms with van der Waals surface area (Å²) >= 11 is 2.99. The van der Waals surface area contributed by atoms with E-state index in [4.69, 9.17) is 28.3 Å². The molecule has 1 aliphatic heterocycles. The summed E-state index contributed by atoms with van der Waals surface area (Å²) in [5, 5.41) is 8.79. The van der Waals surface area contributed by atoms with Gasteiger partial charge in [0.25, 0.3) is 5.19 Å². The van der Waals surface area contributed by atoms with E-state index in [1.807, 2.05) is 44.4 Å². The number of ether oxygens (including phenoxy) is 4. The fourth-order valence-corrected chi connectivity index (χ4v) is 6.37. The predicted molar refractivity (Wildman–Crippen MR) is 155 cm³/mol. The number of hydrogen-bond acceptors (Lipinski definition) is 11. The number of carbonyl (C=O) groups is 1. The molecule has 0 aliphatic carbocycles. The van der Waals surface area contributed by atoms with E-state index in [0.29, 0.717) is 64.3 Å². The van der Waals surface area contributed by atoms with Crippen LogP contribution in [-0.4, -0.2) is 63.5 Å². The lowest BCUT2D eigenvalue weighted by molar-refractivity contribution is 0.0204. The Morgan fingerprint density at radius 1 is 1.12 bits per heavy atom. The smallest absolute Gasteiger partial charge is 0.410 e. The van der Waals surface area contributed by atoms with Crippen LogP contribution in [0.5, 0.6) is 16.7 Å². The van der Waals surface area contributed by atoms with E-state index < -0.39 is 5.60 Å². The molecule has 0 radical (unpaired) electrons. The zero-order valence-electron chi connectivity index (χ0n) is 23.5. The van der Waals surface area contributed by atoms with Crippen LogP contribution in [0.1, 0.15) is 50.2 Å². The van der Waals surface area contributed by atoms with Gasteiger partial charge in [0, 0.05) is 36.5 Å². The Balaban J connectivity index is 1.14. The third-order valence-electron chi connectivity index (χ3n) is 6.70. The minimum absolute atomic E-state index is 0.249. The minimum Gasteiger partial charge on any atom is -0.496 e. The summed E-state index contributed by atoms with van der Waals surface area (Å²) in [5.41, 5.74) is 1.65. The molecule has 1 amide bonds. The van der Waals surface area contributed by atoms with E-state index in [-0.39, 0.29) is 6.09 Å². The van der Waals surface area contributed by atoms with Crippen molar-refractivity contribution in [3.05, 3.63) is 40.5 Å². The van der Waals surface area contributed by atoms with Crippen LogP contribution in [-0.2, 0) is 11.3 Å². The number of methoxy groups -OCH3 is 2. The second-order valence-electron chi connectivity index (χ2n) is 10.8. The number of hydrogen-bond donors (Lipinski definition) is 0. The zero-order valence-corrected chi connectivity index (χ0v) is 25.1. The first kappa shape index (κ1) is 27.3. The number of benzene rings is 1. The maximum atomic E-state index is 12.4. The highest BCUT2D eigenvalue weighted by molar-refractivity contribution is 7.18. The van der Waals surface area contributed by atoms with Crippen LogP contribution >= 0.6 is 22.7 Å². The minimum atomic E-state index is -0.493. The topological polar surface area (TPSA) is 113 Å². The molecule has 0 spiro atoms. The van der Waals surface area contributed by atoms with Gasteiger partial charge < -0.3 is 28.3 Å². The Morgan fingerprint density at radius 3 is 2.63 bits per heavy atom. The van der Waals surface area contributed by atoms with Gasteiger partial charge in [0.05, 0.1) is 36.5 Å². The van der Waals surface area contributed by atoms with E-state index >= 15 is 0 Å². The number of furan rings is 1. The standard InChI is InChI=1S/C28H31N5O6S2/c1-28(2,3)39-27(34)32-8-6-16(7-9-32)24-29-17(15-40-24)14-37-21-10-18(35-4)11-22-19(21)12-23(38-22)20-13-33-25(30-20)41-26(31-33)36-5/h10-13,15-16H,6-9,14H2,1-5H3. The largest absolute Gasteiger partial charge is 0.496 e. The third kappa shape index (κ3) is 5.82. The van der Waals surface area contributed by atoms with Crippen molar-refractivity contribution in [2.45, 2.75) is 51.7 Å². The first-order valence-electron chi connectivity index (χ1n) is 13.3. The monoisotopic (exact) mass is 597 g/mol. The fraction of sp³-hybridized carbons (Fsp3) is 0.429. The van der Waals surface area contributed by atoms with Gasteiger partial charge in [0.1, 0.15) is 35.0 Å². The van der Waals surface area contributed by atoms with E-state index in [2.05, 4.69) is 10.1 Å². The second kappa shape index (κ2) is 10.9. The molecule has 1 aromatic carbocycles. The first-order valence-corrected chi connectivity index (χ1v) is 15.0. The number of piperidine rings is 1. The molecule has 1 saturated heterocycles. The molecule has 5 heterocycles. The molecule has 1 fully saturated rings. The Morgan fingerprint density at radius 2 is 1.93 bits per heavy atom. The summed E-state index contributed by atoms with van der Waals surface area (Å²) in [4.78, 5) is 24.4. The zero-order chi connectivity index (χ0) is 28.7.